The van der Waals surface area contributed by atoms with Crippen molar-refractivity contribution in [2.45, 2.75) is 44.7 Å². The molecule has 1 amide bonds. The number of esters is 1. The molecule has 8 rings (SSSR count). The number of aromatic amines is 1. The van der Waals surface area contributed by atoms with Gasteiger partial charge >= 0.3 is 5.97 Å². The number of carbonyl (C=O) groups excluding carboxylic acids is 2. The molecular weight excluding hydrogens is 825 g/mol. The first-order chi connectivity index (χ1) is 31.1. The van der Waals surface area contributed by atoms with Crippen molar-refractivity contribution in [3.05, 3.63) is 194 Å². The Labute approximate surface area is 376 Å². The van der Waals surface area contributed by atoms with Gasteiger partial charge in [-0.1, -0.05) is 104 Å². The third kappa shape index (κ3) is 10.3. The minimum atomic E-state index is -2.02. The molecule has 6 N–H and O–H groups in total. The van der Waals surface area contributed by atoms with E-state index in [-0.39, 0.29) is 41.8 Å². The number of fused-ring (bicyclic) bond motifs is 1. The Bertz CT molecular complexity index is 2760. The molecule has 2 unspecified atom stereocenters. The molecule has 4 atom stereocenters. The highest BCUT2D eigenvalue weighted by Gasteiger charge is 2.44. The zero-order valence-corrected chi connectivity index (χ0v) is 36.4. The molecule has 11 nitrogen and oxygen atoms in total. The fourth-order valence-corrected chi connectivity index (χ4v) is 9.11. The number of pyridine rings is 1. The summed E-state index contributed by atoms with van der Waals surface area (Å²) in [6.45, 7) is 6.15. The van der Waals surface area contributed by atoms with Crippen LogP contribution < -0.4 is 16.2 Å². The maximum Gasteiger partial charge on any atom is 0.347 e. The number of amides is 1. The molecule has 0 aliphatic heterocycles. The maximum absolute atomic E-state index is 14.0. The highest BCUT2D eigenvalue weighted by molar-refractivity contribution is 7.15. The Balaban J connectivity index is 0.848. The minimum absolute atomic E-state index is 0.0655. The van der Waals surface area contributed by atoms with E-state index in [4.69, 9.17) is 4.74 Å². The first-order valence-electron chi connectivity index (χ1n) is 21.6. The van der Waals surface area contributed by atoms with Crippen LogP contribution in [0.4, 0.5) is 0 Å². The van der Waals surface area contributed by atoms with Gasteiger partial charge in [-0.05, 0) is 95.1 Å². The standard InChI is InChI=1S/C52H52N4O7S/c1-2-56(31-35-10-5-3-6-11-35)32-38-26-39(38)33-63-51(61)52(62,40-13-7-4-8-14-40)41-15-9-12-37(27-41)47-24-20-42(64-47)29-54-50(60)36-18-16-34(17-19-36)28-53-30-46(58)43-21-23-45(57)49-44(43)22-25-48(59)55-49/h3-25,27,38-39,46,53,57-58,62H,2,26,28-33H2,1H3,(H,54,60)(H,55,59)/t38?,39-,46+,52?/m1/s1. The number of H-pyrrole nitrogens is 1. The van der Waals surface area contributed by atoms with Crippen LogP contribution in [-0.2, 0) is 34.8 Å². The van der Waals surface area contributed by atoms with Gasteiger partial charge in [-0.3, -0.25) is 14.5 Å². The number of hydrogen-bond donors (Lipinski definition) is 6. The highest BCUT2D eigenvalue weighted by Crippen LogP contribution is 2.41. The lowest BCUT2D eigenvalue weighted by Crippen LogP contribution is -2.39. The molecule has 0 bridgehead atoms. The van der Waals surface area contributed by atoms with Gasteiger partial charge in [0.15, 0.2) is 0 Å². The molecule has 7 aromatic rings. The van der Waals surface area contributed by atoms with E-state index in [1.54, 1.807) is 54.6 Å². The first-order valence-corrected chi connectivity index (χ1v) is 22.4. The number of carbonyl (C=O) groups is 2. The molecule has 2 heterocycles. The summed E-state index contributed by atoms with van der Waals surface area (Å²) in [4.78, 5) is 45.8. The Morgan fingerprint density at radius 2 is 1.59 bits per heavy atom. The molecule has 0 spiro atoms. The monoisotopic (exact) mass is 876 g/mol. The minimum Gasteiger partial charge on any atom is -0.506 e. The predicted octanol–water partition coefficient (Wildman–Crippen LogP) is 7.65. The fraction of sp³-hybridized carbons (Fsp3) is 0.250. The Hall–Kier alpha value is -6.41. The molecule has 64 heavy (non-hydrogen) atoms. The van der Waals surface area contributed by atoms with Gasteiger partial charge in [-0.25, -0.2) is 4.79 Å². The number of nitrogens with zero attached hydrogens (tertiary/aromatic N) is 1. The number of thiophene rings is 1. The maximum atomic E-state index is 14.0. The summed E-state index contributed by atoms with van der Waals surface area (Å²) < 4.78 is 5.94. The van der Waals surface area contributed by atoms with E-state index in [1.807, 2.05) is 54.6 Å². The SMILES string of the molecule is CCN(Cc1ccccc1)CC1C[C@@H]1COC(=O)C(O)(c1ccccc1)c1cccc(-c2ccc(CNC(=O)c3ccc(CNC[C@H](O)c4ccc(O)c5[nH]c(=O)ccc45)cc3)s2)c1. The number of rotatable bonds is 19. The van der Waals surface area contributed by atoms with Crippen molar-refractivity contribution in [3.8, 4) is 16.2 Å². The van der Waals surface area contributed by atoms with Crippen LogP contribution in [0, 0.1) is 11.8 Å². The molecule has 1 fully saturated rings. The molecule has 1 saturated carbocycles. The number of aromatic nitrogens is 1. The highest BCUT2D eigenvalue weighted by atomic mass is 32.1. The van der Waals surface area contributed by atoms with Crippen molar-refractivity contribution in [3.63, 3.8) is 0 Å². The van der Waals surface area contributed by atoms with Gasteiger partial charge in [0.25, 0.3) is 5.91 Å². The van der Waals surface area contributed by atoms with E-state index in [1.165, 1.54) is 29.0 Å². The van der Waals surface area contributed by atoms with Gasteiger partial charge in [0.1, 0.15) is 5.75 Å². The number of aliphatic hydroxyl groups excluding tert-OH is 1. The van der Waals surface area contributed by atoms with Crippen LogP contribution in [0.15, 0.2) is 150 Å². The second kappa shape index (κ2) is 20.0. The number of aromatic hydroxyl groups is 1. The molecule has 5 aromatic carbocycles. The van der Waals surface area contributed by atoms with Crippen molar-refractivity contribution >= 4 is 34.1 Å². The van der Waals surface area contributed by atoms with Crippen LogP contribution in [0.1, 0.15) is 62.5 Å². The van der Waals surface area contributed by atoms with Gasteiger partial charge in [-0.15, -0.1) is 11.3 Å². The lowest BCUT2D eigenvalue weighted by molar-refractivity contribution is -0.162. The third-order valence-corrected chi connectivity index (χ3v) is 13.1. The summed E-state index contributed by atoms with van der Waals surface area (Å²) in [5.41, 5.74) is 2.88. The molecule has 1 aliphatic carbocycles. The largest absolute Gasteiger partial charge is 0.506 e. The predicted molar refractivity (Wildman–Crippen MR) is 250 cm³/mol. The second-order valence-corrected chi connectivity index (χ2v) is 17.6. The number of hydrogen-bond acceptors (Lipinski definition) is 10. The van der Waals surface area contributed by atoms with Crippen LogP contribution >= 0.6 is 11.3 Å². The van der Waals surface area contributed by atoms with E-state index in [0.717, 1.165) is 46.9 Å². The first kappa shape index (κ1) is 44.2. The number of aliphatic hydroxyl groups is 2. The van der Waals surface area contributed by atoms with Crippen LogP contribution in [0.3, 0.4) is 0 Å². The van der Waals surface area contributed by atoms with Gasteiger partial charge in [0, 0.05) is 58.5 Å². The van der Waals surface area contributed by atoms with E-state index >= 15 is 0 Å². The average molecular weight is 877 g/mol. The van der Waals surface area contributed by atoms with Gasteiger partial charge in [0.05, 0.1) is 24.8 Å². The topological polar surface area (TPSA) is 164 Å². The Kier molecular flexibility index (Phi) is 13.8. The Morgan fingerprint density at radius 1 is 0.844 bits per heavy atom. The summed E-state index contributed by atoms with van der Waals surface area (Å²) in [7, 11) is 0. The van der Waals surface area contributed by atoms with Gasteiger partial charge in [0.2, 0.25) is 11.2 Å². The quantitative estimate of drug-likeness (QED) is 0.0448. The zero-order chi connectivity index (χ0) is 44.6. The van der Waals surface area contributed by atoms with E-state index in [9.17, 15) is 29.7 Å². The summed E-state index contributed by atoms with van der Waals surface area (Å²) >= 11 is 1.52. The number of ether oxygens (including phenoxy) is 1. The van der Waals surface area contributed by atoms with Crippen molar-refractivity contribution in [1.29, 1.82) is 0 Å². The van der Waals surface area contributed by atoms with E-state index < -0.39 is 17.7 Å². The van der Waals surface area contributed by atoms with Crippen molar-refractivity contribution in [2.75, 3.05) is 26.2 Å². The molecule has 0 radical (unpaired) electrons. The smallest absolute Gasteiger partial charge is 0.347 e. The number of benzene rings is 5. The Morgan fingerprint density at radius 3 is 2.36 bits per heavy atom. The van der Waals surface area contributed by atoms with Crippen molar-refractivity contribution in [2.24, 2.45) is 11.8 Å². The van der Waals surface area contributed by atoms with E-state index in [0.29, 0.717) is 46.6 Å². The average Bonchev–Trinajstić information content (AvgIpc) is 3.89. The molecule has 2 aromatic heterocycles. The van der Waals surface area contributed by atoms with Crippen molar-refractivity contribution < 1.29 is 29.6 Å². The summed E-state index contributed by atoms with van der Waals surface area (Å²) in [6.07, 6.45) is 0.0898. The zero-order valence-electron chi connectivity index (χ0n) is 35.6. The summed E-state index contributed by atoms with van der Waals surface area (Å²) in [5, 5.41) is 40.1. The van der Waals surface area contributed by atoms with Crippen LogP contribution in [0.5, 0.6) is 5.75 Å². The van der Waals surface area contributed by atoms with Gasteiger partial charge < -0.3 is 35.7 Å². The molecule has 1 aliphatic rings. The summed E-state index contributed by atoms with van der Waals surface area (Å²) in [5.74, 6) is -0.306. The van der Waals surface area contributed by atoms with E-state index in [2.05, 4.69) is 51.7 Å². The molecule has 0 saturated heterocycles. The van der Waals surface area contributed by atoms with Crippen LogP contribution in [0.2, 0.25) is 0 Å². The normalized spacial score (nSPS) is 16.0. The molecule has 12 heteroatoms. The lowest BCUT2D eigenvalue weighted by Gasteiger charge is -2.27. The third-order valence-electron chi connectivity index (χ3n) is 12.0. The lowest BCUT2D eigenvalue weighted by atomic mass is 9.85. The molecule has 328 valence electrons. The second-order valence-electron chi connectivity index (χ2n) is 16.4. The van der Waals surface area contributed by atoms with Crippen LogP contribution in [0.25, 0.3) is 21.3 Å². The van der Waals surface area contributed by atoms with Crippen molar-refractivity contribution in [1.82, 2.24) is 20.5 Å². The van der Waals surface area contributed by atoms with Gasteiger partial charge in [-0.2, -0.15) is 0 Å². The summed E-state index contributed by atoms with van der Waals surface area (Å²) in [6, 6.07) is 43.9. The van der Waals surface area contributed by atoms with Crippen LogP contribution in [-0.4, -0.2) is 63.3 Å². The fourth-order valence-electron chi connectivity index (χ4n) is 8.17. The molecular formula is C52H52N4O7S. The number of phenols is 1. The number of phenolic OH excluding ortho intramolecular Hbond substituents is 1. The number of nitrogens with one attached hydrogen (secondary N) is 3.